The molecule has 19 heavy (non-hydrogen) atoms. The Labute approximate surface area is 113 Å². The SMILES string of the molecule is Cc1oc(=O)oc1CSc1ccc(S(=O)(=O)[O-])cc1. The summed E-state index contributed by atoms with van der Waals surface area (Å²) in [6.45, 7) is 1.62. The number of rotatable bonds is 4. The van der Waals surface area contributed by atoms with Crippen LogP contribution in [0.4, 0.5) is 0 Å². The van der Waals surface area contributed by atoms with Crippen LogP contribution in [0.2, 0.25) is 0 Å². The number of thioether (sulfide) groups is 1. The van der Waals surface area contributed by atoms with E-state index in [-0.39, 0.29) is 4.90 Å². The first kappa shape index (κ1) is 13.9. The van der Waals surface area contributed by atoms with E-state index in [4.69, 9.17) is 8.83 Å². The quantitative estimate of drug-likeness (QED) is 0.626. The zero-order valence-electron chi connectivity index (χ0n) is 9.78. The van der Waals surface area contributed by atoms with Crippen LogP contribution in [-0.4, -0.2) is 13.0 Å². The highest BCUT2D eigenvalue weighted by molar-refractivity contribution is 7.98. The first-order chi connectivity index (χ1) is 8.86. The predicted octanol–water partition coefficient (Wildman–Crippen LogP) is 1.74. The van der Waals surface area contributed by atoms with Crippen molar-refractivity contribution in [2.45, 2.75) is 22.5 Å². The maximum atomic E-state index is 10.8. The van der Waals surface area contributed by atoms with Gasteiger partial charge in [0.15, 0.2) is 5.76 Å². The molecule has 1 heterocycles. The Morgan fingerprint density at radius 2 is 1.84 bits per heavy atom. The largest absolute Gasteiger partial charge is 0.744 e. The highest BCUT2D eigenvalue weighted by Gasteiger charge is 2.09. The molecule has 0 N–H and O–H groups in total. The normalized spacial score (nSPS) is 11.7. The number of aryl methyl sites for hydroxylation is 1. The Bertz CT molecular complexity index is 723. The van der Waals surface area contributed by atoms with Gasteiger partial charge in [-0.1, -0.05) is 0 Å². The van der Waals surface area contributed by atoms with Crippen LogP contribution in [0.5, 0.6) is 0 Å². The molecule has 0 radical (unpaired) electrons. The molecule has 0 atom stereocenters. The Morgan fingerprint density at radius 3 is 2.32 bits per heavy atom. The van der Waals surface area contributed by atoms with E-state index < -0.39 is 15.9 Å². The lowest BCUT2D eigenvalue weighted by Crippen LogP contribution is -1.97. The average Bonchev–Trinajstić information content (AvgIpc) is 2.65. The van der Waals surface area contributed by atoms with E-state index in [1.807, 2.05) is 0 Å². The second-order valence-corrected chi connectivity index (χ2v) is 6.08. The van der Waals surface area contributed by atoms with Crippen LogP contribution in [0.25, 0.3) is 0 Å². The van der Waals surface area contributed by atoms with Crippen molar-refractivity contribution in [3.8, 4) is 0 Å². The molecular weight excluding hydrogens is 292 g/mol. The standard InChI is InChI=1S/C11H10O6S2/c1-7-10(17-11(12)16-7)6-18-8-2-4-9(5-3-8)19(13,14)15/h2-5H,6H2,1H3,(H,13,14,15)/p-1. The molecule has 102 valence electrons. The topological polar surface area (TPSA) is 101 Å². The Balaban J connectivity index is 2.09. The van der Waals surface area contributed by atoms with Gasteiger partial charge in [0.2, 0.25) is 0 Å². The molecule has 0 saturated heterocycles. The van der Waals surface area contributed by atoms with Gasteiger partial charge in [-0.05, 0) is 31.2 Å². The lowest BCUT2D eigenvalue weighted by Gasteiger charge is -2.07. The van der Waals surface area contributed by atoms with Gasteiger partial charge in [0, 0.05) is 4.90 Å². The van der Waals surface area contributed by atoms with E-state index in [1.165, 1.54) is 36.0 Å². The summed E-state index contributed by atoms with van der Waals surface area (Å²) < 4.78 is 41.8. The Kier molecular flexibility index (Phi) is 3.83. The van der Waals surface area contributed by atoms with E-state index in [2.05, 4.69) is 0 Å². The van der Waals surface area contributed by atoms with Gasteiger partial charge in [-0.15, -0.1) is 11.8 Å². The molecule has 0 aliphatic rings. The maximum Gasteiger partial charge on any atom is 0.519 e. The fraction of sp³-hybridized carbons (Fsp3) is 0.182. The zero-order valence-corrected chi connectivity index (χ0v) is 11.4. The van der Waals surface area contributed by atoms with Crippen molar-refractivity contribution in [2.24, 2.45) is 0 Å². The predicted molar refractivity (Wildman–Crippen MR) is 65.9 cm³/mol. The second kappa shape index (κ2) is 5.24. The molecule has 2 rings (SSSR count). The molecule has 0 fully saturated rings. The third-order valence-electron chi connectivity index (χ3n) is 2.32. The van der Waals surface area contributed by atoms with Crippen LogP contribution >= 0.6 is 11.8 Å². The molecule has 0 aliphatic carbocycles. The molecule has 0 saturated carbocycles. The van der Waals surface area contributed by atoms with Crippen molar-refractivity contribution < 1.29 is 21.8 Å². The van der Waals surface area contributed by atoms with Crippen LogP contribution in [0.3, 0.4) is 0 Å². The molecule has 2 aromatic rings. The lowest BCUT2D eigenvalue weighted by atomic mass is 10.4. The van der Waals surface area contributed by atoms with Gasteiger partial charge in [-0.3, -0.25) is 0 Å². The highest BCUT2D eigenvalue weighted by Crippen LogP contribution is 2.25. The van der Waals surface area contributed by atoms with Crippen molar-refractivity contribution in [2.75, 3.05) is 0 Å². The molecular formula is C11H9O6S2-. The summed E-state index contributed by atoms with van der Waals surface area (Å²) in [7, 11) is -4.42. The Hall–Kier alpha value is -1.51. The lowest BCUT2D eigenvalue weighted by molar-refractivity contribution is 0.372. The van der Waals surface area contributed by atoms with E-state index in [9.17, 15) is 17.8 Å². The maximum absolute atomic E-state index is 10.8. The van der Waals surface area contributed by atoms with Crippen LogP contribution in [-0.2, 0) is 15.9 Å². The third-order valence-corrected chi connectivity index (χ3v) is 4.18. The van der Waals surface area contributed by atoms with Gasteiger partial charge in [0.1, 0.15) is 15.9 Å². The number of benzene rings is 1. The summed E-state index contributed by atoms with van der Waals surface area (Å²) in [6.07, 6.45) is 0. The van der Waals surface area contributed by atoms with E-state index in [0.717, 1.165) is 4.90 Å². The molecule has 0 aliphatic heterocycles. The minimum atomic E-state index is -4.42. The third kappa shape index (κ3) is 3.49. The first-order valence-electron chi connectivity index (χ1n) is 5.14. The van der Waals surface area contributed by atoms with Gasteiger partial charge in [-0.25, -0.2) is 13.2 Å². The number of hydrogen-bond acceptors (Lipinski definition) is 7. The minimum absolute atomic E-state index is 0.275. The van der Waals surface area contributed by atoms with Gasteiger partial charge in [0.05, 0.1) is 10.6 Å². The summed E-state index contributed by atoms with van der Waals surface area (Å²) in [5.74, 6) is 0.466. The van der Waals surface area contributed by atoms with E-state index >= 15 is 0 Å². The molecule has 0 bridgehead atoms. The molecule has 6 nitrogen and oxygen atoms in total. The van der Waals surface area contributed by atoms with Gasteiger partial charge < -0.3 is 13.4 Å². The van der Waals surface area contributed by atoms with Crippen molar-refractivity contribution in [1.29, 1.82) is 0 Å². The highest BCUT2D eigenvalue weighted by atomic mass is 32.2. The molecule has 8 heteroatoms. The molecule has 1 aromatic carbocycles. The van der Waals surface area contributed by atoms with E-state index in [1.54, 1.807) is 6.92 Å². The zero-order chi connectivity index (χ0) is 14.0. The first-order valence-corrected chi connectivity index (χ1v) is 7.54. The van der Waals surface area contributed by atoms with Crippen molar-refractivity contribution in [1.82, 2.24) is 0 Å². The summed E-state index contributed by atoms with van der Waals surface area (Å²) in [6, 6.07) is 5.51. The smallest absolute Gasteiger partial charge is 0.519 e. The number of hydrogen-bond donors (Lipinski definition) is 0. The summed E-state index contributed by atoms with van der Waals surface area (Å²) >= 11 is 1.33. The van der Waals surface area contributed by atoms with Crippen LogP contribution in [0.15, 0.2) is 47.7 Å². The summed E-state index contributed by atoms with van der Waals surface area (Å²) in [5.41, 5.74) is 0. The van der Waals surface area contributed by atoms with Gasteiger partial charge in [0.25, 0.3) is 0 Å². The van der Waals surface area contributed by atoms with Gasteiger partial charge in [-0.2, -0.15) is 0 Å². The molecule has 0 spiro atoms. The van der Waals surface area contributed by atoms with E-state index in [0.29, 0.717) is 17.3 Å². The summed E-state index contributed by atoms with van der Waals surface area (Å²) in [4.78, 5) is 11.3. The minimum Gasteiger partial charge on any atom is -0.744 e. The average molecular weight is 301 g/mol. The van der Waals surface area contributed by atoms with Crippen LogP contribution < -0.4 is 5.82 Å². The molecule has 0 amide bonds. The summed E-state index contributed by atoms with van der Waals surface area (Å²) in [5, 5.41) is 0. The van der Waals surface area contributed by atoms with Crippen LogP contribution in [0, 0.1) is 6.92 Å². The van der Waals surface area contributed by atoms with Gasteiger partial charge >= 0.3 is 5.82 Å². The fourth-order valence-electron chi connectivity index (χ4n) is 1.36. The fourth-order valence-corrected chi connectivity index (χ4v) is 2.72. The van der Waals surface area contributed by atoms with Crippen molar-refractivity contribution in [3.63, 3.8) is 0 Å². The molecule has 1 aromatic heterocycles. The second-order valence-electron chi connectivity index (χ2n) is 3.65. The Morgan fingerprint density at radius 1 is 1.21 bits per heavy atom. The monoisotopic (exact) mass is 301 g/mol. The van der Waals surface area contributed by atoms with Crippen molar-refractivity contribution in [3.05, 3.63) is 46.4 Å². The van der Waals surface area contributed by atoms with Crippen molar-refractivity contribution >= 4 is 21.9 Å². The molecule has 0 unspecified atom stereocenters. The van der Waals surface area contributed by atoms with Crippen LogP contribution in [0.1, 0.15) is 11.5 Å².